The Morgan fingerprint density at radius 1 is 1.09 bits per heavy atom. The SMILES string of the molecule is Cc1cc(Cl)ccc1OCCNc1ccc(OC(C)C)cc1. The molecular formula is C18H22ClNO2. The van der Waals surface area contributed by atoms with E-state index in [1.807, 2.05) is 63.2 Å². The van der Waals surface area contributed by atoms with Crippen molar-refractivity contribution < 1.29 is 9.47 Å². The second-order valence-corrected chi connectivity index (χ2v) is 5.81. The van der Waals surface area contributed by atoms with Gasteiger partial charge in [0.05, 0.1) is 6.10 Å². The van der Waals surface area contributed by atoms with Crippen LogP contribution >= 0.6 is 11.6 Å². The highest BCUT2D eigenvalue weighted by molar-refractivity contribution is 6.30. The highest BCUT2D eigenvalue weighted by Crippen LogP contribution is 2.21. The smallest absolute Gasteiger partial charge is 0.122 e. The van der Waals surface area contributed by atoms with Gasteiger partial charge in [-0.1, -0.05) is 11.6 Å². The van der Waals surface area contributed by atoms with Crippen molar-refractivity contribution in [1.29, 1.82) is 0 Å². The van der Waals surface area contributed by atoms with Crippen LogP contribution in [-0.4, -0.2) is 19.3 Å². The molecule has 0 aliphatic heterocycles. The van der Waals surface area contributed by atoms with E-state index >= 15 is 0 Å². The van der Waals surface area contributed by atoms with Crippen LogP contribution in [-0.2, 0) is 0 Å². The van der Waals surface area contributed by atoms with Crippen molar-refractivity contribution in [3.8, 4) is 11.5 Å². The zero-order chi connectivity index (χ0) is 15.9. The Bertz CT molecular complexity index is 597. The van der Waals surface area contributed by atoms with Crippen LogP contribution in [0.5, 0.6) is 11.5 Å². The maximum atomic E-state index is 5.92. The van der Waals surface area contributed by atoms with E-state index in [2.05, 4.69) is 5.32 Å². The third kappa shape index (κ3) is 5.15. The van der Waals surface area contributed by atoms with Gasteiger partial charge in [0.15, 0.2) is 0 Å². The molecule has 0 amide bonds. The van der Waals surface area contributed by atoms with Gasteiger partial charge in [0.25, 0.3) is 0 Å². The predicted octanol–water partition coefficient (Wildman–Crippen LogP) is 4.93. The number of halogens is 1. The summed E-state index contributed by atoms with van der Waals surface area (Å²) < 4.78 is 11.4. The van der Waals surface area contributed by atoms with E-state index in [0.717, 1.165) is 34.3 Å². The molecule has 0 fully saturated rings. The minimum Gasteiger partial charge on any atom is -0.491 e. The van der Waals surface area contributed by atoms with E-state index < -0.39 is 0 Å². The molecule has 0 saturated heterocycles. The number of nitrogens with one attached hydrogen (secondary N) is 1. The van der Waals surface area contributed by atoms with Gasteiger partial charge in [-0.15, -0.1) is 0 Å². The molecule has 0 unspecified atom stereocenters. The number of aryl methyl sites for hydroxylation is 1. The van der Waals surface area contributed by atoms with Crippen LogP contribution in [0, 0.1) is 6.92 Å². The van der Waals surface area contributed by atoms with E-state index in [1.54, 1.807) is 0 Å². The highest BCUT2D eigenvalue weighted by Gasteiger charge is 2.01. The average molecular weight is 320 g/mol. The van der Waals surface area contributed by atoms with Crippen molar-refractivity contribution in [2.45, 2.75) is 26.9 Å². The summed E-state index contributed by atoms with van der Waals surface area (Å²) in [5, 5.41) is 4.05. The lowest BCUT2D eigenvalue weighted by molar-refractivity contribution is 0.242. The molecule has 0 spiro atoms. The number of ether oxygens (including phenoxy) is 2. The van der Waals surface area contributed by atoms with Gasteiger partial charge in [-0.2, -0.15) is 0 Å². The van der Waals surface area contributed by atoms with Crippen molar-refractivity contribution in [1.82, 2.24) is 0 Å². The summed E-state index contributed by atoms with van der Waals surface area (Å²) in [6.07, 6.45) is 0.190. The molecule has 4 heteroatoms. The number of hydrogen-bond acceptors (Lipinski definition) is 3. The summed E-state index contributed by atoms with van der Waals surface area (Å²) in [6.45, 7) is 7.34. The van der Waals surface area contributed by atoms with Gasteiger partial charge in [0, 0.05) is 17.3 Å². The van der Waals surface area contributed by atoms with Gasteiger partial charge in [0.1, 0.15) is 18.1 Å². The molecule has 2 rings (SSSR count). The van der Waals surface area contributed by atoms with E-state index in [-0.39, 0.29) is 6.10 Å². The molecule has 0 aliphatic rings. The van der Waals surface area contributed by atoms with E-state index in [4.69, 9.17) is 21.1 Å². The molecule has 118 valence electrons. The third-order valence-corrected chi connectivity index (χ3v) is 3.29. The van der Waals surface area contributed by atoms with Crippen molar-refractivity contribution in [3.63, 3.8) is 0 Å². The van der Waals surface area contributed by atoms with Crippen LogP contribution in [0.25, 0.3) is 0 Å². The normalized spacial score (nSPS) is 10.6. The fraction of sp³-hybridized carbons (Fsp3) is 0.333. The summed E-state index contributed by atoms with van der Waals surface area (Å²) in [4.78, 5) is 0. The molecule has 2 aromatic rings. The first-order valence-corrected chi connectivity index (χ1v) is 7.82. The highest BCUT2D eigenvalue weighted by atomic mass is 35.5. The number of hydrogen-bond donors (Lipinski definition) is 1. The van der Waals surface area contributed by atoms with Crippen molar-refractivity contribution in [2.24, 2.45) is 0 Å². The Morgan fingerprint density at radius 3 is 2.45 bits per heavy atom. The molecule has 0 radical (unpaired) electrons. The fourth-order valence-corrected chi connectivity index (χ4v) is 2.28. The second kappa shape index (κ2) is 7.95. The lowest BCUT2D eigenvalue weighted by Gasteiger charge is -2.12. The molecule has 0 bridgehead atoms. The zero-order valence-corrected chi connectivity index (χ0v) is 14.0. The van der Waals surface area contributed by atoms with Crippen LogP contribution in [0.3, 0.4) is 0 Å². The summed E-state index contributed by atoms with van der Waals surface area (Å²) in [7, 11) is 0. The molecule has 0 aromatic heterocycles. The molecule has 0 atom stereocenters. The van der Waals surface area contributed by atoms with Crippen LogP contribution in [0.1, 0.15) is 19.4 Å². The minimum atomic E-state index is 0.190. The van der Waals surface area contributed by atoms with Crippen LogP contribution in [0.15, 0.2) is 42.5 Å². The Hall–Kier alpha value is -1.87. The first-order chi connectivity index (χ1) is 10.5. The van der Waals surface area contributed by atoms with Gasteiger partial charge in [-0.3, -0.25) is 0 Å². The maximum Gasteiger partial charge on any atom is 0.122 e. The van der Waals surface area contributed by atoms with Gasteiger partial charge in [-0.25, -0.2) is 0 Å². The Labute approximate surface area is 137 Å². The summed E-state index contributed by atoms with van der Waals surface area (Å²) in [6, 6.07) is 13.6. The molecule has 0 saturated carbocycles. The lowest BCUT2D eigenvalue weighted by Crippen LogP contribution is -2.12. The van der Waals surface area contributed by atoms with E-state index in [1.165, 1.54) is 0 Å². The zero-order valence-electron chi connectivity index (χ0n) is 13.2. The van der Waals surface area contributed by atoms with Crippen LogP contribution in [0.4, 0.5) is 5.69 Å². The monoisotopic (exact) mass is 319 g/mol. The molecule has 0 heterocycles. The summed E-state index contributed by atoms with van der Waals surface area (Å²) in [5.41, 5.74) is 2.09. The first-order valence-electron chi connectivity index (χ1n) is 7.44. The molecule has 2 aromatic carbocycles. The Balaban J connectivity index is 1.76. The molecule has 22 heavy (non-hydrogen) atoms. The topological polar surface area (TPSA) is 30.5 Å². The van der Waals surface area contributed by atoms with E-state index in [9.17, 15) is 0 Å². The first kappa shape index (κ1) is 16.5. The van der Waals surface area contributed by atoms with Gasteiger partial charge < -0.3 is 14.8 Å². The average Bonchev–Trinajstić information content (AvgIpc) is 2.46. The molecule has 3 nitrogen and oxygen atoms in total. The van der Waals surface area contributed by atoms with E-state index in [0.29, 0.717) is 6.61 Å². The molecule has 1 N–H and O–H groups in total. The standard InChI is InChI=1S/C18H22ClNO2/c1-13(2)22-17-7-5-16(6-8-17)20-10-11-21-18-9-4-15(19)12-14(18)3/h4-9,12-13,20H,10-11H2,1-3H3. The number of benzene rings is 2. The third-order valence-electron chi connectivity index (χ3n) is 3.05. The van der Waals surface area contributed by atoms with Crippen molar-refractivity contribution in [3.05, 3.63) is 53.1 Å². The molecule has 0 aliphatic carbocycles. The quantitative estimate of drug-likeness (QED) is 0.734. The number of anilines is 1. The number of rotatable bonds is 7. The van der Waals surface area contributed by atoms with Crippen molar-refractivity contribution in [2.75, 3.05) is 18.5 Å². The lowest BCUT2D eigenvalue weighted by atomic mass is 10.2. The maximum absolute atomic E-state index is 5.92. The minimum absolute atomic E-state index is 0.190. The summed E-state index contributed by atoms with van der Waals surface area (Å²) in [5.74, 6) is 1.75. The van der Waals surface area contributed by atoms with Crippen molar-refractivity contribution >= 4 is 17.3 Å². The van der Waals surface area contributed by atoms with Crippen LogP contribution < -0.4 is 14.8 Å². The second-order valence-electron chi connectivity index (χ2n) is 5.38. The fourth-order valence-electron chi connectivity index (χ4n) is 2.05. The summed E-state index contributed by atoms with van der Waals surface area (Å²) >= 11 is 5.92. The molecular weight excluding hydrogens is 298 g/mol. The Morgan fingerprint density at radius 2 is 1.82 bits per heavy atom. The largest absolute Gasteiger partial charge is 0.491 e. The van der Waals surface area contributed by atoms with Gasteiger partial charge >= 0.3 is 0 Å². The van der Waals surface area contributed by atoms with Gasteiger partial charge in [-0.05, 0) is 68.8 Å². The van der Waals surface area contributed by atoms with Crippen LogP contribution in [0.2, 0.25) is 5.02 Å². The Kier molecular flexibility index (Phi) is 5.96. The predicted molar refractivity (Wildman–Crippen MR) is 92.4 cm³/mol. The van der Waals surface area contributed by atoms with Gasteiger partial charge in [0.2, 0.25) is 0 Å².